The predicted octanol–water partition coefficient (Wildman–Crippen LogP) is 1.24. The summed E-state index contributed by atoms with van der Waals surface area (Å²) in [5, 5.41) is 6.40. The van der Waals surface area contributed by atoms with Gasteiger partial charge in [-0.3, -0.25) is 5.32 Å². The SMILES string of the molecule is Cc1cc(NC(=O)N2CCOC[C@@H]2C)no1. The summed E-state index contributed by atoms with van der Waals surface area (Å²) >= 11 is 0. The number of carbonyl (C=O) groups is 1. The zero-order valence-electron chi connectivity index (χ0n) is 9.40. The van der Waals surface area contributed by atoms with Gasteiger partial charge in [0.1, 0.15) is 5.76 Å². The minimum absolute atomic E-state index is 0.0850. The quantitative estimate of drug-likeness (QED) is 0.780. The fourth-order valence-corrected chi connectivity index (χ4v) is 1.64. The molecule has 1 atom stereocenters. The largest absolute Gasteiger partial charge is 0.377 e. The number of nitrogens with one attached hydrogen (secondary N) is 1. The molecule has 0 bridgehead atoms. The molecule has 1 aliphatic heterocycles. The molecule has 1 aromatic heterocycles. The standard InChI is InChI=1S/C10H15N3O3/c1-7-6-15-4-3-13(7)10(14)11-9-5-8(2)16-12-9/h5,7H,3-4,6H2,1-2H3,(H,11,12,14)/t7-/m0/s1. The van der Waals surface area contributed by atoms with Gasteiger partial charge in [-0.25, -0.2) is 4.79 Å². The molecule has 88 valence electrons. The molecule has 6 heteroatoms. The van der Waals surface area contributed by atoms with Gasteiger partial charge in [0, 0.05) is 12.6 Å². The summed E-state index contributed by atoms with van der Waals surface area (Å²) in [6.07, 6.45) is 0. The van der Waals surface area contributed by atoms with Gasteiger partial charge in [-0.2, -0.15) is 0 Å². The molecule has 1 N–H and O–H groups in total. The van der Waals surface area contributed by atoms with E-state index in [1.54, 1.807) is 17.9 Å². The lowest BCUT2D eigenvalue weighted by molar-refractivity contribution is 0.0221. The number of amides is 2. The van der Waals surface area contributed by atoms with Crippen LogP contribution >= 0.6 is 0 Å². The van der Waals surface area contributed by atoms with E-state index in [2.05, 4.69) is 10.5 Å². The summed E-state index contributed by atoms with van der Waals surface area (Å²) in [5.41, 5.74) is 0. The number of aryl methyl sites for hydroxylation is 1. The average molecular weight is 225 g/mol. The van der Waals surface area contributed by atoms with E-state index in [1.165, 1.54) is 0 Å². The van der Waals surface area contributed by atoms with E-state index in [1.807, 2.05) is 6.92 Å². The van der Waals surface area contributed by atoms with Crippen molar-refractivity contribution in [2.24, 2.45) is 0 Å². The highest BCUT2D eigenvalue weighted by Crippen LogP contribution is 2.11. The molecule has 2 amide bonds. The first-order chi connectivity index (χ1) is 7.66. The number of anilines is 1. The van der Waals surface area contributed by atoms with Crippen molar-refractivity contribution in [1.29, 1.82) is 0 Å². The molecule has 0 aromatic carbocycles. The van der Waals surface area contributed by atoms with E-state index in [0.29, 0.717) is 31.3 Å². The minimum Gasteiger partial charge on any atom is -0.377 e. The highest BCUT2D eigenvalue weighted by atomic mass is 16.5. The molecule has 0 saturated carbocycles. The fraction of sp³-hybridized carbons (Fsp3) is 0.600. The maximum atomic E-state index is 11.9. The summed E-state index contributed by atoms with van der Waals surface area (Å²) in [6.45, 7) is 5.48. The van der Waals surface area contributed by atoms with Crippen molar-refractivity contribution in [3.8, 4) is 0 Å². The second kappa shape index (κ2) is 4.52. The number of ether oxygens (including phenoxy) is 1. The van der Waals surface area contributed by atoms with Gasteiger partial charge in [0.05, 0.1) is 19.3 Å². The van der Waals surface area contributed by atoms with Gasteiger partial charge in [-0.15, -0.1) is 0 Å². The molecule has 0 unspecified atom stereocenters. The number of aromatic nitrogens is 1. The summed E-state index contributed by atoms with van der Waals surface area (Å²) in [7, 11) is 0. The van der Waals surface area contributed by atoms with Gasteiger partial charge >= 0.3 is 6.03 Å². The number of morpholine rings is 1. The molecule has 2 heterocycles. The van der Waals surface area contributed by atoms with E-state index in [-0.39, 0.29) is 12.1 Å². The Morgan fingerprint density at radius 3 is 3.12 bits per heavy atom. The molecule has 1 aromatic rings. The van der Waals surface area contributed by atoms with Crippen LogP contribution in [-0.2, 0) is 4.74 Å². The van der Waals surface area contributed by atoms with Gasteiger partial charge < -0.3 is 14.2 Å². The first-order valence-corrected chi connectivity index (χ1v) is 5.25. The third-order valence-corrected chi connectivity index (χ3v) is 2.49. The Morgan fingerprint density at radius 2 is 2.50 bits per heavy atom. The first-order valence-electron chi connectivity index (χ1n) is 5.25. The Bertz CT molecular complexity index is 377. The maximum absolute atomic E-state index is 11.9. The van der Waals surface area contributed by atoms with Gasteiger partial charge in [0.25, 0.3) is 0 Å². The van der Waals surface area contributed by atoms with Gasteiger partial charge in [0.15, 0.2) is 5.82 Å². The lowest BCUT2D eigenvalue weighted by Crippen LogP contribution is -2.48. The van der Waals surface area contributed by atoms with Crippen LogP contribution in [0.2, 0.25) is 0 Å². The number of hydrogen-bond acceptors (Lipinski definition) is 4. The lowest BCUT2D eigenvalue weighted by Gasteiger charge is -2.32. The number of rotatable bonds is 1. The third kappa shape index (κ3) is 2.33. The molecule has 16 heavy (non-hydrogen) atoms. The normalized spacial score (nSPS) is 20.9. The van der Waals surface area contributed by atoms with Gasteiger partial charge in [0.2, 0.25) is 0 Å². The smallest absolute Gasteiger partial charge is 0.323 e. The van der Waals surface area contributed by atoms with Crippen molar-refractivity contribution in [2.75, 3.05) is 25.1 Å². The van der Waals surface area contributed by atoms with E-state index in [0.717, 1.165) is 0 Å². The van der Waals surface area contributed by atoms with Crippen LogP contribution in [0.3, 0.4) is 0 Å². The fourth-order valence-electron chi connectivity index (χ4n) is 1.64. The van der Waals surface area contributed by atoms with Crippen LogP contribution in [-0.4, -0.2) is 41.9 Å². The summed E-state index contributed by atoms with van der Waals surface area (Å²) in [5.74, 6) is 1.12. The van der Waals surface area contributed by atoms with Crippen LogP contribution in [0.25, 0.3) is 0 Å². The first kappa shape index (κ1) is 10.9. The molecular weight excluding hydrogens is 210 g/mol. The van der Waals surface area contributed by atoms with Gasteiger partial charge in [-0.1, -0.05) is 5.16 Å². The molecule has 1 fully saturated rings. The highest BCUT2D eigenvalue weighted by molar-refractivity contribution is 5.88. The number of carbonyl (C=O) groups excluding carboxylic acids is 1. The molecule has 1 aliphatic rings. The van der Waals surface area contributed by atoms with Crippen molar-refractivity contribution in [3.05, 3.63) is 11.8 Å². The number of hydrogen-bond donors (Lipinski definition) is 1. The number of nitrogens with zero attached hydrogens (tertiary/aromatic N) is 2. The average Bonchev–Trinajstić information content (AvgIpc) is 2.64. The van der Waals surface area contributed by atoms with Crippen molar-refractivity contribution in [1.82, 2.24) is 10.1 Å². The Balaban J connectivity index is 1.96. The molecule has 2 rings (SSSR count). The molecule has 6 nitrogen and oxygen atoms in total. The van der Waals surface area contributed by atoms with Crippen molar-refractivity contribution < 1.29 is 14.1 Å². The van der Waals surface area contributed by atoms with Crippen molar-refractivity contribution in [2.45, 2.75) is 19.9 Å². The maximum Gasteiger partial charge on any atom is 0.323 e. The van der Waals surface area contributed by atoms with Crippen LogP contribution in [0.4, 0.5) is 10.6 Å². The van der Waals surface area contributed by atoms with Crippen molar-refractivity contribution >= 4 is 11.8 Å². The van der Waals surface area contributed by atoms with E-state index < -0.39 is 0 Å². The minimum atomic E-state index is -0.163. The lowest BCUT2D eigenvalue weighted by atomic mass is 10.3. The Morgan fingerprint density at radius 1 is 1.69 bits per heavy atom. The number of urea groups is 1. The van der Waals surface area contributed by atoms with E-state index in [9.17, 15) is 4.79 Å². The summed E-state index contributed by atoms with van der Waals surface area (Å²) < 4.78 is 10.1. The monoisotopic (exact) mass is 225 g/mol. The van der Waals surface area contributed by atoms with Crippen LogP contribution in [0, 0.1) is 6.92 Å². The van der Waals surface area contributed by atoms with E-state index >= 15 is 0 Å². The Hall–Kier alpha value is -1.56. The molecule has 1 saturated heterocycles. The zero-order valence-corrected chi connectivity index (χ0v) is 9.40. The highest BCUT2D eigenvalue weighted by Gasteiger charge is 2.24. The Labute approximate surface area is 93.5 Å². The van der Waals surface area contributed by atoms with Crippen LogP contribution in [0.1, 0.15) is 12.7 Å². The van der Waals surface area contributed by atoms with Crippen LogP contribution in [0.5, 0.6) is 0 Å². The molecule has 0 radical (unpaired) electrons. The Kier molecular flexibility index (Phi) is 3.09. The zero-order chi connectivity index (χ0) is 11.5. The second-order valence-corrected chi connectivity index (χ2v) is 3.87. The molecule has 0 aliphatic carbocycles. The van der Waals surface area contributed by atoms with Crippen LogP contribution < -0.4 is 5.32 Å². The molecular formula is C10H15N3O3. The van der Waals surface area contributed by atoms with Crippen molar-refractivity contribution in [3.63, 3.8) is 0 Å². The predicted molar refractivity (Wildman–Crippen MR) is 57.2 cm³/mol. The molecule has 0 spiro atoms. The van der Waals surface area contributed by atoms with Crippen LogP contribution in [0.15, 0.2) is 10.6 Å². The van der Waals surface area contributed by atoms with E-state index in [4.69, 9.17) is 9.26 Å². The summed E-state index contributed by atoms with van der Waals surface area (Å²) in [6, 6.07) is 1.61. The second-order valence-electron chi connectivity index (χ2n) is 3.87. The van der Waals surface area contributed by atoms with Gasteiger partial charge in [-0.05, 0) is 13.8 Å². The summed E-state index contributed by atoms with van der Waals surface area (Å²) in [4.78, 5) is 13.6. The third-order valence-electron chi connectivity index (χ3n) is 2.49. The topological polar surface area (TPSA) is 67.6 Å².